The van der Waals surface area contributed by atoms with Gasteiger partial charge < -0.3 is 9.88 Å². The van der Waals surface area contributed by atoms with E-state index in [0.717, 1.165) is 31.4 Å². The Morgan fingerprint density at radius 3 is 2.47 bits per heavy atom. The lowest BCUT2D eigenvalue weighted by Crippen LogP contribution is -2.10. The standard InChI is InChI=1S/C14H25N3/c1-6-7-15-12-16-8-9-17(12)10-11-13(2,3)14(11,4)5/h8-9,11H,6-7,10H2,1-5H3,(H,15,16). The highest BCUT2D eigenvalue weighted by Gasteiger charge is 2.64. The lowest BCUT2D eigenvalue weighted by atomic mass is 10.0. The molecule has 0 aromatic carbocycles. The van der Waals surface area contributed by atoms with Crippen molar-refractivity contribution in [2.45, 2.75) is 47.6 Å². The molecule has 96 valence electrons. The summed E-state index contributed by atoms with van der Waals surface area (Å²) in [6.07, 6.45) is 5.11. The predicted molar refractivity (Wildman–Crippen MR) is 72.1 cm³/mol. The number of nitrogens with one attached hydrogen (secondary N) is 1. The number of aromatic nitrogens is 2. The molecule has 3 heteroatoms. The van der Waals surface area contributed by atoms with E-state index in [4.69, 9.17) is 0 Å². The maximum absolute atomic E-state index is 4.38. The summed E-state index contributed by atoms with van der Waals surface area (Å²) in [5.74, 6) is 1.76. The zero-order valence-corrected chi connectivity index (χ0v) is 11.7. The van der Waals surface area contributed by atoms with Crippen LogP contribution < -0.4 is 5.32 Å². The van der Waals surface area contributed by atoms with Gasteiger partial charge in [0.2, 0.25) is 5.95 Å². The van der Waals surface area contributed by atoms with Gasteiger partial charge in [-0.2, -0.15) is 0 Å². The zero-order chi connectivity index (χ0) is 12.7. The van der Waals surface area contributed by atoms with E-state index >= 15 is 0 Å². The average Bonchev–Trinajstić information content (AvgIpc) is 2.63. The fourth-order valence-corrected chi connectivity index (χ4v) is 2.85. The first-order chi connectivity index (χ1) is 7.91. The molecule has 0 aliphatic heterocycles. The first kappa shape index (κ1) is 12.5. The second kappa shape index (κ2) is 4.04. The van der Waals surface area contributed by atoms with Gasteiger partial charge in [0, 0.05) is 25.5 Å². The van der Waals surface area contributed by atoms with Gasteiger partial charge in [0.15, 0.2) is 0 Å². The molecule has 0 bridgehead atoms. The van der Waals surface area contributed by atoms with E-state index in [2.05, 4.69) is 55.7 Å². The summed E-state index contributed by atoms with van der Waals surface area (Å²) in [6, 6.07) is 0. The summed E-state index contributed by atoms with van der Waals surface area (Å²) in [5.41, 5.74) is 0.887. The highest BCUT2D eigenvalue weighted by Crippen LogP contribution is 2.68. The summed E-state index contributed by atoms with van der Waals surface area (Å²) in [7, 11) is 0. The second-order valence-electron chi connectivity index (χ2n) is 6.33. The number of hydrogen-bond donors (Lipinski definition) is 1. The topological polar surface area (TPSA) is 29.9 Å². The van der Waals surface area contributed by atoms with E-state index in [0.29, 0.717) is 10.8 Å². The van der Waals surface area contributed by atoms with Crippen LogP contribution in [0.4, 0.5) is 5.95 Å². The molecule has 0 spiro atoms. The minimum absolute atomic E-state index is 0.444. The lowest BCUT2D eigenvalue weighted by Gasteiger charge is -2.10. The van der Waals surface area contributed by atoms with Crippen LogP contribution in [0.1, 0.15) is 41.0 Å². The molecule has 17 heavy (non-hydrogen) atoms. The van der Waals surface area contributed by atoms with E-state index < -0.39 is 0 Å². The monoisotopic (exact) mass is 235 g/mol. The number of nitrogens with zero attached hydrogens (tertiary/aromatic N) is 2. The van der Waals surface area contributed by atoms with Gasteiger partial charge in [0.05, 0.1) is 0 Å². The maximum Gasteiger partial charge on any atom is 0.202 e. The molecule has 0 atom stereocenters. The summed E-state index contributed by atoms with van der Waals surface area (Å²) in [4.78, 5) is 4.38. The smallest absolute Gasteiger partial charge is 0.202 e. The van der Waals surface area contributed by atoms with Crippen molar-refractivity contribution in [1.29, 1.82) is 0 Å². The van der Waals surface area contributed by atoms with Crippen molar-refractivity contribution in [3.05, 3.63) is 12.4 Å². The van der Waals surface area contributed by atoms with Crippen molar-refractivity contribution in [1.82, 2.24) is 9.55 Å². The Kier molecular flexibility index (Phi) is 2.96. The highest BCUT2D eigenvalue weighted by atomic mass is 15.2. The second-order valence-corrected chi connectivity index (χ2v) is 6.33. The Morgan fingerprint density at radius 2 is 1.94 bits per heavy atom. The van der Waals surface area contributed by atoms with Crippen LogP contribution in [0.3, 0.4) is 0 Å². The average molecular weight is 235 g/mol. The largest absolute Gasteiger partial charge is 0.356 e. The molecule has 1 aliphatic carbocycles. The van der Waals surface area contributed by atoms with Crippen LogP contribution in [0.5, 0.6) is 0 Å². The Bertz CT molecular complexity index is 376. The molecule has 1 saturated carbocycles. The van der Waals surface area contributed by atoms with Gasteiger partial charge in [-0.15, -0.1) is 0 Å². The minimum atomic E-state index is 0.444. The molecule has 0 amide bonds. The molecule has 1 aliphatic rings. The molecule has 2 rings (SSSR count). The van der Waals surface area contributed by atoms with Gasteiger partial charge in [0.1, 0.15) is 0 Å². The summed E-state index contributed by atoms with van der Waals surface area (Å²) in [5, 5.41) is 3.38. The third kappa shape index (κ3) is 1.96. The van der Waals surface area contributed by atoms with Crippen molar-refractivity contribution in [2.24, 2.45) is 16.7 Å². The van der Waals surface area contributed by atoms with Crippen LogP contribution >= 0.6 is 0 Å². The molecule has 1 heterocycles. The van der Waals surface area contributed by atoms with Gasteiger partial charge in [0.25, 0.3) is 0 Å². The first-order valence-corrected chi connectivity index (χ1v) is 6.66. The van der Waals surface area contributed by atoms with Gasteiger partial charge in [-0.05, 0) is 23.2 Å². The lowest BCUT2D eigenvalue weighted by molar-refractivity contribution is 0.457. The van der Waals surface area contributed by atoms with E-state index in [9.17, 15) is 0 Å². The van der Waals surface area contributed by atoms with Crippen LogP contribution in [0.15, 0.2) is 12.4 Å². The van der Waals surface area contributed by atoms with Crippen molar-refractivity contribution in [3.8, 4) is 0 Å². The van der Waals surface area contributed by atoms with E-state index in [1.54, 1.807) is 0 Å². The van der Waals surface area contributed by atoms with E-state index in [-0.39, 0.29) is 0 Å². The third-order valence-electron chi connectivity index (χ3n) is 4.95. The Morgan fingerprint density at radius 1 is 1.29 bits per heavy atom. The van der Waals surface area contributed by atoms with Crippen LogP contribution in [0.2, 0.25) is 0 Å². The highest BCUT2D eigenvalue weighted by molar-refractivity contribution is 5.26. The number of imidazole rings is 1. The van der Waals surface area contributed by atoms with Crippen LogP contribution in [0, 0.1) is 16.7 Å². The Labute approximate surface area is 105 Å². The van der Waals surface area contributed by atoms with Crippen molar-refractivity contribution >= 4 is 5.95 Å². The van der Waals surface area contributed by atoms with Crippen molar-refractivity contribution < 1.29 is 0 Å². The van der Waals surface area contributed by atoms with Gasteiger partial charge in [-0.3, -0.25) is 0 Å². The predicted octanol–water partition coefficient (Wildman–Crippen LogP) is 3.39. The van der Waals surface area contributed by atoms with E-state index in [1.165, 1.54) is 0 Å². The summed E-state index contributed by atoms with van der Waals surface area (Å²) in [6.45, 7) is 13.7. The summed E-state index contributed by atoms with van der Waals surface area (Å²) >= 11 is 0. The fraction of sp³-hybridized carbons (Fsp3) is 0.786. The zero-order valence-electron chi connectivity index (χ0n) is 11.7. The summed E-state index contributed by atoms with van der Waals surface area (Å²) < 4.78 is 2.26. The molecule has 0 radical (unpaired) electrons. The normalized spacial score (nSPS) is 21.5. The quantitative estimate of drug-likeness (QED) is 0.848. The fourth-order valence-electron chi connectivity index (χ4n) is 2.85. The van der Waals surface area contributed by atoms with Gasteiger partial charge in [-0.1, -0.05) is 34.6 Å². The van der Waals surface area contributed by atoms with Crippen LogP contribution in [0.25, 0.3) is 0 Å². The molecule has 1 aromatic heterocycles. The first-order valence-electron chi connectivity index (χ1n) is 6.66. The molecule has 3 nitrogen and oxygen atoms in total. The molecule has 1 N–H and O–H groups in total. The molecule has 0 unspecified atom stereocenters. The number of hydrogen-bond acceptors (Lipinski definition) is 2. The van der Waals surface area contributed by atoms with Gasteiger partial charge in [-0.25, -0.2) is 4.98 Å². The molecular weight excluding hydrogens is 210 g/mol. The number of anilines is 1. The molecular formula is C14H25N3. The van der Waals surface area contributed by atoms with Gasteiger partial charge >= 0.3 is 0 Å². The minimum Gasteiger partial charge on any atom is -0.356 e. The SMILES string of the molecule is CCCNc1nccn1CC1C(C)(C)C1(C)C. The Hall–Kier alpha value is -0.990. The molecule has 0 saturated heterocycles. The van der Waals surface area contributed by atoms with E-state index in [1.807, 2.05) is 6.20 Å². The van der Waals surface area contributed by atoms with Crippen LogP contribution in [-0.4, -0.2) is 16.1 Å². The van der Waals surface area contributed by atoms with Crippen molar-refractivity contribution in [3.63, 3.8) is 0 Å². The Balaban J connectivity index is 2.03. The number of rotatable bonds is 5. The van der Waals surface area contributed by atoms with Crippen molar-refractivity contribution in [2.75, 3.05) is 11.9 Å². The maximum atomic E-state index is 4.38. The van der Waals surface area contributed by atoms with Crippen LogP contribution in [-0.2, 0) is 6.54 Å². The molecule has 1 fully saturated rings. The molecule has 1 aromatic rings. The third-order valence-corrected chi connectivity index (χ3v) is 4.95.